The molecule has 4 rings (SSSR count). The van der Waals surface area contributed by atoms with Gasteiger partial charge in [-0.2, -0.15) is 0 Å². The van der Waals surface area contributed by atoms with Crippen molar-refractivity contribution in [3.8, 4) is 0 Å². The lowest BCUT2D eigenvalue weighted by Crippen LogP contribution is -2.77. The molecular formula is C27H46O7. The maximum atomic E-state index is 12.2. The van der Waals surface area contributed by atoms with Crippen molar-refractivity contribution in [1.29, 1.82) is 0 Å². The lowest BCUT2D eigenvalue weighted by atomic mass is 9.42. The largest absolute Gasteiger partial charge is 0.396 e. The van der Waals surface area contributed by atoms with E-state index < -0.39 is 46.4 Å². The molecule has 196 valence electrons. The van der Waals surface area contributed by atoms with Crippen LogP contribution in [-0.2, 0) is 0 Å². The van der Waals surface area contributed by atoms with Crippen LogP contribution in [0.15, 0.2) is 11.6 Å². The van der Waals surface area contributed by atoms with Gasteiger partial charge in [-0.25, -0.2) is 0 Å². The molecule has 0 amide bonds. The van der Waals surface area contributed by atoms with Crippen molar-refractivity contribution in [3.05, 3.63) is 11.6 Å². The molecule has 11 unspecified atom stereocenters. The Morgan fingerprint density at radius 1 is 0.941 bits per heavy atom. The Labute approximate surface area is 203 Å². The van der Waals surface area contributed by atoms with Crippen LogP contribution in [0.5, 0.6) is 0 Å². The van der Waals surface area contributed by atoms with Crippen molar-refractivity contribution in [2.75, 3.05) is 6.61 Å². The van der Waals surface area contributed by atoms with Crippen LogP contribution < -0.4 is 0 Å². The van der Waals surface area contributed by atoms with Crippen LogP contribution >= 0.6 is 0 Å². The molecule has 4 aliphatic rings. The molecule has 0 radical (unpaired) electrons. The summed E-state index contributed by atoms with van der Waals surface area (Å²) in [6.07, 6.45) is 1.07. The second kappa shape index (κ2) is 8.79. The summed E-state index contributed by atoms with van der Waals surface area (Å²) in [6, 6.07) is 0. The zero-order chi connectivity index (χ0) is 25.3. The first kappa shape index (κ1) is 26.5. The van der Waals surface area contributed by atoms with Crippen molar-refractivity contribution in [2.24, 2.45) is 34.5 Å². The quantitative estimate of drug-likeness (QED) is 0.285. The molecule has 7 N–H and O–H groups in total. The minimum absolute atomic E-state index is 0.111. The van der Waals surface area contributed by atoms with E-state index in [9.17, 15) is 35.7 Å². The van der Waals surface area contributed by atoms with Gasteiger partial charge in [0, 0.05) is 23.9 Å². The molecule has 0 saturated heterocycles. The fourth-order valence-corrected chi connectivity index (χ4v) is 8.68. The standard InChI is InChI=1S/C27H46O7/c1-15(2)6-5-7-16(3)17-8-9-18-19-10-22(31)26(33)12-21(30)20(29)11-24(26,4)27(19,34)23(32)13-25(17,18)14-28/h10,15-18,20-23,28-34H,5-9,11-14H2,1-4H3. The van der Waals surface area contributed by atoms with Crippen LogP contribution in [0.1, 0.15) is 79.1 Å². The molecule has 11 atom stereocenters. The third-order valence-corrected chi connectivity index (χ3v) is 10.7. The minimum Gasteiger partial charge on any atom is -0.396 e. The van der Waals surface area contributed by atoms with E-state index >= 15 is 0 Å². The van der Waals surface area contributed by atoms with Crippen LogP contribution in [-0.4, -0.2) is 78.0 Å². The predicted molar refractivity (Wildman–Crippen MR) is 128 cm³/mol. The lowest BCUT2D eigenvalue weighted by Gasteiger charge is -2.67. The summed E-state index contributed by atoms with van der Waals surface area (Å²) in [7, 11) is 0. The highest BCUT2D eigenvalue weighted by molar-refractivity contribution is 5.42. The summed E-state index contributed by atoms with van der Waals surface area (Å²) in [6.45, 7) is 8.15. The van der Waals surface area contributed by atoms with Gasteiger partial charge in [0.2, 0.25) is 0 Å². The van der Waals surface area contributed by atoms with Crippen molar-refractivity contribution >= 4 is 0 Å². The van der Waals surface area contributed by atoms with Crippen LogP contribution in [0.4, 0.5) is 0 Å². The summed E-state index contributed by atoms with van der Waals surface area (Å²) in [4.78, 5) is 0. The molecule has 0 aromatic rings. The zero-order valence-corrected chi connectivity index (χ0v) is 21.2. The SMILES string of the molecule is CC(C)CCCC(C)C1CCC2C3=CC(O)C4(O)CC(O)C(O)CC4(C)C3(O)C(O)CC21CO. The van der Waals surface area contributed by atoms with Gasteiger partial charge in [0.15, 0.2) is 0 Å². The Bertz CT molecular complexity index is 800. The van der Waals surface area contributed by atoms with Crippen molar-refractivity contribution in [2.45, 2.75) is 115 Å². The van der Waals surface area contributed by atoms with Crippen LogP contribution in [0, 0.1) is 34.5 Å². The first-order chi connectivity index (χ1) is 15.8. The van der Waals surface area contributed by atoms with E-state index in [4.69, 9.17) is 0 Å². The molecular weight excluding hydrogens is 436 g/mol. The van der Waals surface area contributed by atoms with Gasteiger partial charge in [0.25, 0.3) is 0 Å². The highest BCUT2D eigenvalue weighted by Gasteiger charge is 2.75. The molecule has 0 aromatic heterocycles. The van der Waals surface area contributed by atoms with E-state index in [1.807, 2.05) is 0 Å². The summed E-state index contributed by atoms with van der Waals surface area (Å²) in [5, 5.41) is 78.0. The maximum Gasteiger partial charge on any atom is 0.120 e. The van der Waals surface area contributed by atoms with E-state index in [0.29, 0.717) is 17.4 Å². The molecule has 0 spiro atoms. The third kappa shape index (κ3) is 3.41. The monoisotopic (exact) mass is 482 g/mol. The first-order valence-electron chi connectivity index (χ1n) is 13.3. The third-order valence-electron chi connectivity index (χ3n) is 10.7. The molecule has 0 heterocycles. The van der Waals surface area contributed by atoms with E-state index in [1.165, 1.54) is 6.08 Å². The van der Waals surface area contributed by atoms with Gasteiger partial charge in [-0.3, -0.25) is 0 Å². The van der Waals surface area contributed by atoms with Crippen LogP contribution in [0.2, 0.25) is 0 Å². The summed E-state index contributed by atoms with van der Waals surface area (Å²) < 4.78 is 0. The van der Waals surface area contributed by atoms with E-state index in [2.05, 4.69) is 20.8 Å². The normalized spacial score (nSPS) is 51.5. The van der Waals surface area contributed by atoms with Crippen LogP contribution in [0.25, 0.3) is 0 Å². The number of hydrogen-bond donors (Lipinski definition) is 7. The lowest BCUT2D eigenvalue weighted by molar-refractivity contribution is -0.297. The Hall–Kier alpha value is -0.540. The Balaban J connectivity index is 1.73. The Morgan fingerprint density at radius 2 is 1.59 bits per heavy atom. The van der Waals surface area contributed by atoms with Crippen molar-refractivity contribution in [1.82, 2.24) is 0 Å². The van der Waals surface area contributed by atoms with Gasteiger partial charge < -0.3 is 35.7 Å². The summed E-state index contributed by atoms with van der Waals surface area (Å²) in [5.41, 5.74) is -5.36. The zero-order valence-electron chi connectivity index (χ0n) is 21.2. The summed E-state index contributed by atoms with van der Waals surface area (Å²) in [5.74, 6) is 0.935. The highest BCUT2D eigenvalue weighted by atomic mass is 16.4. The second-order valence-corrected chi connectivity index (χ2v) is 12.8. The van der Waals surface area contributed by atoms with E-state index in [-0.39, 0.29) is 37.7 Å². The first-order valence-corrected chi connectivity index (χ1v) is 13.3. The Morgan fingerprint density at radius 3 is 2.21 bits per heavy atom. The molecule has 7 nitrogen and oxygen atoms in total. The maximum absolute atomic E-state index is 12.2. The van der Waals surface area contributed by atoms with Gasteiger partial charge in [-0.1, -0.05) is 53.0 Å². The average molecular weight is 483 g/mol. The fourth-order valence-electron chi connectivity index (χ4n) is 8.68. The number of aliphatic hydroxyl groups excluding tert-OH is 5. The number of rotatable bonds is 6. The molecule has 3 saturated carbocycles. The van der Waals surface area contributed by atoms with Crippen molar-refractivity contribution in [3.63, 3.8) is 0 Å². The molecule has 0 bridgehead atoms. The van der Waals surface area contributed by atoms with Gasteiger partial charge in [0.1, 0.15) is 17.3 Å². The minimum atomic E-state index is -1.90. The molecule has 0 aromatic carbocycles. The molecule has 3 fully saturated rings. The predicted octanol–water partition coefficient (Wildman–Crippen LogP) is 1.50. The van der Waals surface area contributed by atoms with Gasteiger partial charge in [-0.05, 0) is 54.9 Å². The number of fused-ring (bicyclic) bond motifs is 5. The summed E-state index contributed by atoms with van der Waals surface area (Å²) >= 11 is 0. The molecule has 4 aliphatic carbocycles. The topological polar surface area (TPSA) is 142 Å². The van der Waals surface area contributed by atoms with Crippen LogP contribution in [0.3, 0.4) is 0 Å². The Kier molecular flexibility index (Phi) is 6.86. The van der Waals surface area contributed by atoms with Gasteiger partial charge >= 0.3 is 0 Å². The highest BCUT2D eigenvalue weighted by Crippen LogP contribution is 2.69. The van der Waals surface area contributed by atoms with E-state index in [1.54, 1.807) is 6.92 Å². The fraction of sp³-hybridized carbons (Fsp3) is 0.926. The second-order valence-electron chi connectivity index (χ2n) is 12.8. The molecule has 7 heteroatoms. The van der Waals surface area contributed by atoms with Gasteiger partial charge in [-0.15, -0.1) is 0 Å². The van der Waals surface area contributed by atoms with E-state index in [0.717, 1.165) is 32.1 Å². The molecule has 0 aliphatic heterocycles. The average Bonchev–Trinajstić information content (AvgIpc) is 3.13. The van der Waals surface area contributed by atoms with Gasteiger partial charge in [0.05, 0.1) is 18.3 Å². The smallest absolute Gasteiger partial charge is 0.120 e. The number of aliphatic hydroxyl groups is 7. The van der Waals surface area contributed by atoms with Crippen molar-refractivity contribution < 1.29 is 35.7 Å². The number of hydrogen-bond acceptors (Lipinski definition) is 7. The molecule has 34 heavy (non-hydrogen) atoms.